The summed E-state index contributed by atoms with van der Waals surface area (Å²) in [6.07, 6.45) is 5.31. The normalized spacial score (nSPS) is 23.0. The Morgan fingerprint density at radius 2 is 2.05 bits per heavy atom. The molecule has 0 N–H and O–H groups in total. The topological polar surface area (TPSA) is 81.1 Å². The third-order valence-corrected chi connectivity index (χ3v) is 4.20. The molecule has 3 heterocycles. The zero-order chi connectivity index (χ0) is 14.2. The van der Waals surface area contributed by atoms with E-state index < -0.39 is 0 Å². The average Bonchev–Trinajstić information content (AvgIpc) is 2.95. The predicted molar refractivity (Wildman–Crippen MR) is 72.3 cm³/mol. The van der Waals surface area contributed by atoms with E-state index in [-0.39, 0.29) is 6.04 Å². The second-order valence-electron chi connectivity index (χ2n) is 5.84. The summed E-state index contributed by atoms with van der Waals surface area (Å²) in [7, 11) is 0. The largest absolute Gasteiger partial charge is 0.424 e. The van der Waals surface area contributed by atoms with Crippen molar-refractivity contribution in [2.75, 3.05) is 6.54 Å². The standard InChI is InChI=1S/C14H19N5O2/c1-2-11-16-17-12(20-11)8-19-7-3-4-10(19)13-15-14(21-18-13)9-5-6-9/h9-10H,2-8H2,1H3/t10-/m1/s1. The fraction of sp³-hybridized carbons (Fsp3) is 0.714. The molecule has 0 spiro atoms. The molecule has 0 radical (unpaired) electrons. The summed E-state index contributed by atoms with van der Waals surface area (Å²) in [4.78, 5) is 6.88. The molecular weight excluding hydrogens is 270 g/mol. The molecule has 1 saturated heterocycles. The van der Waals surface area contributed by atoms with Gasteiger partial charge in [-0.25, -0.2) is 0 Å². The van der Waals surface area contributed by atoms with Gasteiger partial charge >= 0.3 is 0 Å². The van der Waals surface area contributed by atoms with Gasteiger partial charge in [-0.15, -0.1) is 10.2 Å². The van der Waals surface area contributed by atoms with Gasteiger partial charge < -0.3 is 8.94 Å². The number of aromatic nitrogens is 4. The predicted octanol–water partition coefficient (Wildman–Crippen LogP) is 2.23. The maximum Gasteiger partial charge on any atom is 0.230 e. The Balaban J connectivity index is 1.48. The van der Waals surface area contributed by atoms with E-state index in [9.17, 15) is 0 Å². The summed E-state index contributed by atoms with van der Waals surface area (Å²) in [5.41, 5.74) is 0. The minimum Gasteiger partial charge on any atom is -0.424 e. The van der Waals surface area contributed by atoms with Crippen molar-refractivity contribution in [1.29, 1.82) is 0 Å². The summed E-state index contributed by atoms with van der Waals surface area (Å²) in [5.74, 6) is 3.48. The van der Waals surface area contributed by atoms with Gasteiger partial charge in [0.05, 0.1) is 12.6 Å². The molecule has 7 nitrogen and oxygen atoms in total. The number of nitrogens with zero attached hydrogens (tertiary/aromatic N) is 5. The van der Waals surface area contributed by atoms with Crippen LogP contribution in [0.1, 0.15) is 68.1 Å². The van der Waals surface area contributed by atoms with Gasteiger partial charge in [-0.3, -0.25) is 4.90 Å². The van der Waals surface area contributed by atoms with E-state index >= 15 is 0 Å². The van der Waals surface area contributed by atoms with Gasteiger partial charge in [-0.05, 0) is 32.2 Å². The van der Waals surface area contributed by atoms with Gasteiger partial charge in [0.2, 0.25) is 17.7 Å². The van der Waals surface area contributed by atoms with E-state index in [1.54, 1.807) is 0 Å². The van der Waals surface area contributed by atoms with Crippen LogP contribution in [0.15, 0.2) is 8.94 Å². The first-order valence-corrected chi connectivity index (χ1v) is 7.72. The van der Waals surface area contributed by atoms with Gasteiger partial charge in [0, 0.05) is 12.3 Å². The lowest BCUT2D eigenvalue weighted by atomic mass is 10.2. The Morgan fingerprint density at radius 3 is 2.81 bits per heavy atom. The highest BCUT2D eigenvalue weighted by Crippen LogP contribution is 2.40. The van der Waals surface area contributed by atoms with Crippen LogP contribution in [-0.4, -0.2) is 31.8 Å². The summed E-state index contributed by atoms with van der Waals surface area (Å²) in [6.45, 7) is 3.67. The molecule has 0 unspecified atom stereocenters. The van der Waals surface area contributed by atoms with Crippen molar-refractivity contribution in [3.63, 3.8) is 0 Å². The number of aryl methyl sites for hydroxylation is 1. The van der Waals surface area contributed by atoms with Crippen molar-refractivity contribution < 1.29 is 8.94 Å². The lowest BCUT2D eigenvalue weighted by molar-refractivity contribution is 0.210. The van der Waals surface area contributed by atoms with Crippen LogP contribution in [0.2, 0.25) is 0 Å². The SMILES string of the molecule is CCc1nnc(CN2CCC[C@@H]2c2noc(C3CC3)n2)o1. The second-order valence-corrected chi connectivity index (χ2v) is 5.84. The third kappa shape index (κ3) is 2.57. The van der Waals surface area contributed by atoms with Gasteiger partial charge in [0.25, 0.3) is 0 Å². The molecule has 0 bridgehead atoms. The molecule has 2 fully saturated rings. The minimum atomic E-state index is 0.207. The van der Waals surface area contributed by atoms with Crippen molar-refractivity contribution in [2.24, 2.45) is 0 Å². The molecule has 2 aromatic heterocycles. The summed E-state index contributed by atoms with van der Waals surface area (Å²) < 4.78 is 11.0. The highest BCUT2D eigenvalue weighted by Gasteiger charge is 2.34. The molecule has 1 saturated carbocycles. The molecule has 0 aromatic carbocycles. The molecule has 112 valence electrons. The first-order valence-electron chi connectivity index (χ1n) is 7.72. The number of hydrogen-bond donors (Lipinski definition) is 0. The fourth-order valence-electron chi connectivity index (χ4n) is 2.86. The maximum absolute atomic E-state index is 5.60. The molecule has 7 heteroatoms. The lowest BCUT2D eigenvalue weighted by Crippen LogP contribution is -2.23. The highest BCUT2D eigenvalue weighted by atomic mass is 16.5. The lowest BCUT2D eigenvalue weighted by Gasteiger charge is -2.19. The Labute approximate surface area is 122 Å². The van der Waals surface area contributed by atoms with Crippen LogP contribution < -0.4 is 0 Å². The minimum absolute atomic E-state index is 0.207. The van der Waals surface area contributed by atoms with Crippen LogP contribution in [0, 0.1) is 0 Å². The second kappa shape index (κ2) is 5.22. The Bertz CT molecular complexity index is 618. The summed E-state index contributed by atoms with van der Waals surface area (Å²) >= 11 is 0. The maximum atomic E-state index is 5.60. The first-order chi connectivity index (χ1) is 10.3. The van der Waals surface area contributed by atoms with Crippen molar-refractivity contribution in [2.45, 2.75) is 57.5 Å². The number of hydrogen-bond acceptors (Lipinski definition) is 7. The molecule has 4 rings (SSSR count). The van der Waals surface area contributed by atoms with E-state index in [4.69, 9.17) is 8.94 Å². The van der Waals surface area contributed by atoms with E-state index in [1.165, 1.54) is 12.8 Å². The Morgan fingerprint density at radius 1 is 1.19 bits per heavy atom. The van der Waals surface area contributed by atoms with Crippen LogP contribution in [-0.2, 0) is 13.0 Å². The highest BCUT2D eigenvalue weighted by molar-refractivity contribution is 5.05. The van der Waals surface area contributed by atoms with Gasteiger partial charge in [0.15, 0.2) is 5.82 Å². The summed E-state index contributed by atoms with van der Waals surface area (Å²) in [6, 6.07) is 0.207. The first kappa shape index (κ1) is 12.9. The van der Waals surface area contributed by atoms with Crippen molar-refractivity contribution in [3.05, 3.63) is 23.5 Å². The molecule has 2 aromatic rings. The zero-order valence-electron chi connectivity index (χ0n) is 12.2. The van der Waals surface area contributed by atoms with Crippen molar-refractivity contribution in [1.82, 2.24) is 25.2 Å². The smallest absolute Gasteiger partial charge is 0.230 e. The van der Waals surface area contributed by atoms with Crippen LogP contribution in [0.3, 0.4) is 0 Å². The van der Waals surface area contributed by atoms with Gasteiger partial charge in [-0.2, -0.15) is 4.98 Å². The van der Waals surface area contributed by atoms with E-state index in [1.807, 2.05) is 6.92 Å². The van der Waals surface area contributed by atoms with Crippen molar-refractivity contribution in [3.8, 4) is 0 Å². The zero-order valence-corrected chi connectivity index (χ0v) is 12.2. The number of rotatable bonds is 5. The molecule has 0 amide bonds. The third-order valence-electron chi connectivity index (χ3n) is 4.20. The molecule has 1 aliphatic carbocycles. The average molecular weight is 289 g/mol. The summed E-state index contributed by atoms with van der Waals surface area (Å²) in [5, 5.41) is 12.3. The molecule has 1 aliphatic heterocycles. The number of likely N-dealkylation sites (tertiary alicyclic amines) is 1. The Hall–Kier alpha value is -1.76. The quantitative estimate of drug-likeness (QED) is 0.834. The monoisotopic (exact) mass is 289 g/mol. The van der Waals surface area contributed by atoms with E-state index in [2.05, 4.69) is 25.2 Å². The van der Waals surface area contributed by atoms with E-state index in [0.29, 0.717) is 24.2 Å². The molecular formula is C14H19N5O2. The molecule has 2 aliphatic rings. The molecule has 21 heavy (non-hydrogen) atoms. The fourth-order valence-corrected chi connectivity index (χ4v) is 2.86. The molecule has 1 atom stereocenters. The van der Waals surface area contributed by atoms with Crippen LogP contribution in [0.25, 0.3) is 0 Å². The van der Waals surface area contributed by atoms with Gasteiger partial charge in [-0.1, -0.05) is 12.1 Å². The van der Waals surface area contributed by atoms with Crippen molar-refractivity contribution >= 4 is 0 Å². The van der Waals surface area contributed by atoms with Gasteiger partial charge in [0.1, 0.15) is 0 Å². The van der Waals surface area contributed by atoms with Crippen LogP contribution in [0.4, 0.5) is 0 Å². The Kier molecular flexibility index (Phi) is 3.21. The van der Waals surface area contributed by atoms with E-state index in [0.717, 1.165) is 37.5 Å². The van der Waals surface area contributed by atoms with Crippen LogP contribution in [0.5, 0.6) is 0 Å². The van der Waals surface area contributed by atoms with Crippen LogP contribution >= 0.6 is 0 Å².